The fraction of sp³-hybridized carbons (Fsp3) is 0.286. The molecule has 1 aromatic rings. The molecule has 0 saturated carbocycles. The standard InChI is InChI=1S/C7H8N2S/c10-9-4-2-6-5-8-3-1-7(6)9/h1,3,5,10H,2,4H2. The lowest BCUT2D eigenvalue weighted by molar-refractivity contribution is 1.05. The smallest absolute Gasteiger partial charge is 0.0530 e. The van der Waals surface area contributed by atoms with Crippen molar-refractivity contribution in [3.63, 3.8) is 0 Å². The average Bonchev–Trinajstić information content (AvgIpc) is 2.34. The first kappa shape index (κ1) is 6.04. The minimum absolute atomic E-state index is 1.00. The van der Waals surface area contributed by atoms with Crippen molar-refractivity contribution < 1.29 is 0 Å². The molecule has 1 aliphatic heterocycles. The van der Waals surface area contributed by atoms with Crippen LogP contribution in [0.1, 0.15) is 5.56 Å². The van der Waals surface area contributed by atoms with Gasteiger partial charge in [0.1, 0.15) is 0 Å². The van der Waals surface area contributed by atoms with E-state index in [0.717, 1.165) is 13.0 Å². The van der Waals surface area contributed by atoms with E-state index in [4.69, 9.17) is 0 Å². The molecule has 2 rings (SSSR count). The van der Waals surface area contributed by atoms with E-state index in [1.807, 2.05) is 16.6 Å². The summed E-state index contributed by atoms with van der Waals surface area (Å²) in [4.78, 5) is 4.03. The Morgan fingerprint density at radius 3 is 3.30 bits per heavy atom. The Labute approximate surface area is 65.4 Å². The molecule has 0 radical (unpaired) electrons. The molecule has 3 heteroatoms. The molecule has 0 atom stereocenters. The maximum atomic E-state index is 4.28. The Kier molecular flexibility index (Phi) is 1.31. The Morgan fingerprint density at radius 1 is 1.60 bits per heavy atom. The van der Waals surface area contributed by atoms with Crippen molar-refractivity contribution >= 4 is 18.5 Å². The maximum Gasteiger partial charge on any atom is 0.0530 e. The number of pyridine rings is 1. The van der Waals surface area contributed by atoms with Crippen molar-refractivity contribution in [2.75, 3.05) is 10.8 Å². The van der Waals surface area contributed by atoms with Crippen molar-refractivity contribution in [2.24, 2.45) is 0 Å². The molecule has 0 saturated heterocycles. The van der Waals surface area contributed by atoms with E-state index in [9.17, 15) is 0 Å². The van der Waals surface area contributed by atoms with Gasteiger partial charge in [-0.1, -0.05) is 12.8 Å². The van der Waals surface area contributed by atoms with Gasteiger partial charge in [0.25, 0.3) is 0 Å². The van der Waals surface area contributed by atoms with Gasteiger partial charge in [0, 0.05) is 18.9 Å². The highest BCUT2D eigenvalue weighted by Crippen LogP contribution is 2.27. The summed E-state index contributed by atoms with van der Waals surface area (Å²) in [6.07, 6.45) is 4.78. The van der Waals surface area contributed by atoms with E-state index in [1.165, 1.54) is 11.3 Å². The summed E-state index contributed by atoms with van der Waals surface area (Å²) in [5, 5.41) is 0. The van der Waals surface area contributed by atoms with E-state index in [-0.39, 0.29) is 0 Å². The molecule has 52 valence electrons. The van der Waals surface area contributed by atoms with Crippen LogP contribution < -0.4 is 4.31 Å². The highest BCUT2D eigenvalue weighted by atomic mass is 32.1. The van der Waals surface area contributed by atoms with Gasteiger partial charge in [-0.15, -0.1) is 0 Å². The highest BCUT2D eigenvalue weighted by Gasteiger charge is 2.14. The number of nitrogens with zero attached hydrogens (tertiary/aromatic N) is 2. The molecule has 0 aliphatic carbocycles. The van der Waals surface area contributed by atoms with Crippen LogP contribution in [-0.4, -0.2) is 11.5 Å². The largest absolute Gasteiger partial charge is 0.318 e. The average molecular weight is 152 g/mol. The quantitative estimate of drug-likeness (QED) is 0.564. The lowest BCUT2D eigenvalue weighted by Gasteiger charge is -2.07. The third-order valence-electron chi connectivity index (χ3n) is 1.75. The van der Waals surface area contributed by atoms with Crippen LogP contribution in [0.25, 0.3) is 0 Å². The van der Waals surface area contributed by atoms with Crippen molar-refractivity contribution in [3.8, 4) is 0 Å². The van der Waals surface area contributed by atoms with Gasteiger partial charge in [-0.05, 0) is 18.1 Å². The molecule has 0 fully saturated rings. The van der Waals surface area contributed by atoms with Crippen LogP contribution in [0.3, 0.4) is 0 Å². The van der Waals surface area contributed by atoms with Gasteiger partial charge in [0.15, 0.2) is 0 Å². The number of fused-ring (bicyclic) bond motifs is 1. The lowest BCUT2D eigenvalue weighted by atomic mass is 10.2. The molecular weight excluding hydrogens is 144 g/mol. The number of hydrogen-bond donors (Lipinski definition) is 1. The number of anilines is 1. The number of hydrogen-bond acceptors (Lipinski definition) is 3. The van der Waals surface area contributed by atoms with Crippen molar-refractivity contribution in [2.45, 2.75) is 6.42 Å². The maximum absolute atomic E-state index is 4.28. The predicted molar refractivity (Wildman–Crippen MR) is 44.3 cm³/mol. The summed E-state index contributed by atoms with van der Waals surface area (Å²) >= 11 is 4.28. The van der Waals surface area contributed by atoms with Gasteiger partial charge < -0.3 is 4.31 Å². The van der Waals surface area contributed by atoms with E-state index in [1.54, 1.807) is 6.20 Å². The van der Waals surface area contributed by atoms with Gasteiger partial charge >= 0.3 is 0 Å². The lowest BCUT2D eigenvalue weighted by Crippen LogP contribution is -2.04. The molecule has 0 amide bonds. The molecule has 0 aromatic carbocycles. The Balaban J connectivity index is 2.51. The summed E-state index contributed by atoms with van der Waals surface area (Å²) in [6, 6.07) is 2.00. The molecular formula is C7H8N2S. The zero-order chi connectivity index (χ0) is 6.97. The summed E-state index contributed by atoms with van der Waals surface area (Å²) in [6.45, 7) is 1.00. The van der Waals surface area contributed by atoms with Gasteiger partial charge in [0.2, 0.25) is 0 Å². The Hall–Kier alpha value is -0.700. The monoisotopic (exact) mass is 152 g/mol. The van der Waals surface area contributed by atoms with Gasteiger partial charge in [-0.2, -0.15) is 0 Å². The van der Waals surface area contributed by atoms with E-state index in [2.05, 4.69) is 17.8 Å². The molecule has 10 heavy (non-hydrogen) atoms. The Morgan fingerprint density at radius 2 is 2.50 bits per heavy atom. The molecule has 2 nitrogen and oxygen atoms in total. The molecule has 0 N–H and O–H groups in total. The molecule has 0 bridgehead atoms. The van der Waals surface area contributed by atoms with Crippen LogP contribution in [-0.2, 0) is 6.42 Å². The molecule has 0 unspecified atom stereocenters. The first-order chi connectivity index (χ1) is 4.88. The summed E-state index contributed by atoms with van der Waals surface area (Å²) in [5.74, 6) is 0. The van der Waals surface area contributed by atoms with Gasteiger partial charge in [-0.25, -0.2) is 0 Å². The van der Waals surface area contributed by atoms with E-state index >= 15 is 0 Å². The normalized spacial score (nSPS) is 15.5. The fourth-order valence-electron chi connectivity index (χ4n) is 1.21. The van der Waals surface area contributed by atoms with Crippen LogP contribution in [0, 0.1) is 0 Å². The van der Waals surface area contributed by atoms with Crippen LogP contribution in [0.2, 0.25) is 0 Å². The second-order valence-corrected chi connectivity index (χ2v) is 2.86. The first-order valence-electron chi connectivity index (χ1n) is 3.27. The van der Waals surface area contributed by atoms with Gasteiger partial charge in [0.05, 0.1) is 5.69 Å². The van der Waals surface area contributed by atoms with Crippen molar-refractivity contribution in [1.29, 1.82) is 0 Å². The number of aromatic nitrogens is 1. The molecule has 1 aromatic heterocycles. The van der Waals surface area contributed by atoms with Crippen molar-refractivity contribution in [1.82, 2.24) is 4.98 Å². The highest BCUT2D eigenvalue weighted by molar-refractivity contribution is 7.81. The van der Waals surface area contributed by atoms with Gasteiger partial charge in [-0.3, -0.25) is 4.98 Å². The molecule has 2 heterocycles. The van der Waals surface area contributed by atoms with Crippen LogP contribution in [0.4, 0.5) is 5.69 Å². The van der Waals surface area contributed by atoms with E-state index < -0.39 is 0 Å². The van der Waals surface area contributed by atoms with Crippen LogP contribution >= 0.6 is 12.8 Å². The van der Waals surface area contributed by atoms with Crippen molar-refractivity contribution in [3.05, 3.63) is 24.0 Å². The van der Waals surface area contributed by atoms with E-state index in [0.29, 0.717) is 0 Å². The minimum atomic E-state index is 1.00. The first-order valence-corrected chi connectivity index (χ1v) is 3.67. The zero-order valence-electron chi connectivity index (χ0n) is 5.49. The SMILES string of the molecule is SN1CCc2cnccc21. The summed E-state index contributed by atoms with van der Waals surface area (Å²) in [7, 11) is 0. The number of thiol groups is 1. The third-order valence-corrected chi connectivity index (χ3v) is 2.16. The molecule has 1 aliphatic rings. The molecule has 0 spiro atoms. The third kappa shape index (κ3) is 0.778. The topological polar surface area (TPSA) is 16.1 Å². The van der Waals surface area contributed by atoms with Crippen LogP contribution in [0.5, 0.6) is 0 Å². The summed E-state index contributed by atoms with van der Waals surface area (Å²) in [5.41, 5.74) is 2.51. The second-order valence-electron chi connectivity index (χ2n) is 2.38. The predicted octanol–water partition coefficient (Wildman–Crippen LogP) is 1.29. The fourth-order valence-corrected chi connectivity index (χ4v) is 1.51. The second kappa shape index (κ2) is 2.16. The Bertz CT molecular complexity index is 249. The summed E-state index contributed by atoms with van der Waals surface area (Å²) < 4.78 is 1.96. The van der Waals surface area contributed by atoms with Crippen LogP contribution in [0.15, 0.2) is 18.5 Å². The minimum Gasteiger partial charge on any atom is -0.318 e. The zero-order valence-corrected chi connectivity index (χ0v) is 6.38. The number of rotatable bonds is 0.